The lowest BCUT2D eigenvalue weighted by Gasteiger charge is -2.39. The molecule has 1 saturated carbocycles. The number of benzene rings is 2. The first-order valence-electron chi connectivity index (χ1n) is 13.7. The molecule has 2 aliphatic rings. The Hall–Kier alpha value is -3.27. The molecule has 1 amide bonds. The average Bonchev–Trinajstić information content (AvgIpc) is 3.44. The van der Waals surface area contributed by atoms with Crippen molar-refractivity contribution in [1.82, 2.24) is 4.90 Å². The molecular weight excluding hydrogens is 642 g/mol. The van der Waals surface area contributed by atoms with Gasteiger partial charge < -0.3 is 14.7 Å². The van der Waals surface area contributed by atoms with Gasteiger partial charge in [-0.2, -0.15) is 26.3 Å². The molecule has 1 aliphatic carbocycles. The van der Waals surface area contributed by atoms with Gasteiger partial charge in [-0.3, -0.25) is 9.59 Å². The minimum Gasteiger partial charge on any atom is -0.481 e. The molecule has 4 rings (SSSR count). The third-order valence-electron chi connectivity index (χ3n) is 8.99. The molecule has 0 bridgehead atoms. The van der Waals surface area contributed by atoms with Crippen LogP contribution in [0.5, 0.6) is 0 Å². The molecule has 248 valence electrons. The van der Waals surface area contributed by atoms with E-state index in [1.165, 1.54) is 14.0 Å². The highest BCUT2D eigenvalue weighted by Gasteiger charge is 2.73. The van der Waals surface area contributed by atoms with Crippen molar-refractivity contribution in [3.8, 4) is 0 Å². The third kappa shape index (κ3) is 5.57. The summed E-state index contributed by atoms with van der Waals surface area (Å²) < 4.78 is 141. The summed E-state index contributed by atoms with van der Waals surface area (Å²) in [4.78, 5) is 26.0. The van der Waals surface area contributed by atoms with Crippen LogP contribution in [0, 0.1) is 18.7 Å². The number of nitrogens with zero attached hydrogens (tertiary/aromatic N) is 1. The number of halogens is 8. The van der Waals surface area contributed by atoms with Crippen LogP contribution >= 0.6 is 0 Å². The van der Waals surface area contributed by atoms with Gasteiger partial charge in [-0.1, -0.05) is 24.3 Å². The Bertz CT molecular complexity index is 1550. The van der Waals surface area contributed by atoms with Crippen molar-refractivity contribution in [2.24, 2.45) is 5.92 Å². The van der Waals surface area contributed by atoms with E-state index >= 15 is 0 Å². The van der Waals surface area contributed by atoms with Crippen molar-refractivity contribution in [3.63, 3.8) is 0 Å². The zero-order valence-electron chi connectivity index (χ0n) is 23.9. The number of carbonyl (C=O) groups is 2. The van der Waals surface area contributed by atoms with E-state index in [9.17, 15) is 58.2 Å². The molecule has 7 nitrogen and oxygen atoms in total. The first-order chi connectivity index (χ1) is 20.7. The second-order valence-electron chi connectivity index (χ2n) is 11.4. The number of hydrogen-bond donors (Lipinski definition) is 1. The van der Waals surface area contributed by atoms with Crippen molar-refractivity contribution in [1.29, 1.82) is 0 Å². The van der Waals surface area contributed by atoms with Crippen LogP contribution < -0.4 is 0 Å². The molecule has 2 aromatic carbocycles. The number of ether oxygens (including phenoxy) is 1. The van der Waals surface area contributed by atoms with E-state index in [0.717, 1.165) is 23.1 Å². The largest absolute Gasteiger partial charge is 0.481 e. The summed E-state index contributed by atoms with van der Waals surface area (Å²) in [7, 11) is -3.42. The molecule has 16 heteroatoms. The predicted octanol–water partition coefficient (Wildman–Crippen LogP) is 5.99. The number of aliphatic carboxylic acids is 1. The number of aryl methyl sites for hydroxylation is 1. The lowest BCUT2D eigenvalue weighted by atomic mass is 9.78. The first kappa shape index (κ1) is 34.6. The second kappa shape index (κ2) is 11.5. The molecular formula is C29H29F8NO6S. The number of sulfone groups is 1. The highest BCUT2D eigenvalue weighted by atomic mass is 32.2. The fourth-order valence-electron chi connectivity index (χ4n) is 6.19. The van der Waals surface area contributed by atoms with Gasteiger partial charge in [0.1, 0.15) is 16.2 Å². The van der Waals surface area contributed by atoms with Gasteiger partial charge in [0.2, 0.25) is 0 Å². The Morgan fingerprint density at radius 3 is 1.96 bits per heavy atom. The SMILES string of the molecule is COC1(C(=O)N2CC[C@](c3ccc(C(F)(C(F)(F)F)C(F)(F)F)cc3)(S(=O)(=O)c3ccc(F)c(C)c3)C2)CCC(C(=O)O)CC1. The monoisotopic (exact) mass is 671 g/mol. The zero-order valence-corrected chi connectivity index (χ0v) is 24.8. The number of carboxylic acid groups (broad SMARTS) is 1. The maximum Gasteiger partial charge on any atom is 0.435 e. The maximum absolute atomic E-state index is 14.7. The second-order valence-corrected chi connectivity index (χ2v) is 13.7. The van der Waals surface area contributed by atoms with E-state index in [0.29, 0.717) is 12.1 Å². The number of carbonyl (C=O) groups excluding carboxylic acids is 1. The van der Waals surface area contributed by atoms with Crippen LogP contribution in [0.4, 0.5) is 35.1 Å². The summed E-state index contributed by atoms with van der Waals surface area (Å²) >= 11 is 0. The van der Waals surface area contributed by atoms with E-state index in [2.05, 4.69) is 0 Å². The summed E-state index contributed by atoms with van der Waals surface area (Å²) in [5.74, 6) is -3.19. The first-order valence-corrected chi connectivity index (χ1v) is 15.2. The third-order valence-corrected chi connectivity index (χ3v) is 11.5. The molecule has 1 atom stereocenters. The number of rotatable bonds is 7. The fraction of sp³-hybridized carbons (Fsp3) is 0.517. The predicted molar refractivity (Wildman–Crippen MR) is 142 cm³/mol. The minimum absolute atomic E-state index is 0.00509. The van der Waals surface area contributed by atoms with Crippen LogP contribution in [-0.2, 0) is 34.6 Å². The molecule has 0 unspecified atom stereocenters. The number of carboxylic acids is 1. The molecule has 2 aromatic rings. The highest BCUT2D eigenvalue weighted by Crippen LogP contribution is 2.54. The van der Waals surface area contributed by atoms with Crippen LogP contribution in [0.2, 0.25) is 0 Å². The van der Waals surface area contributed by atoms with Crippen LogP contribution in [0.15, 0.2) is 47.4 Å². The number of amides is 1. The van der Waals surface area contributed by atoms with Crippen molar-refractivity contribution in [2.75, 3.05) is 20.2 Å². The van der Waals surface area contributed by atoms with Crippen molar-refractivity contribution < 1.29 is 63.0 Å². The van der Waals surface area contributed by atoms with Gasteiger partial charge in [0, 0.05) is 25.8 Å². The average molecular weight is 672 g/mol. The quantitative estimate of drug-likeness (QED) is 0.287. The molecule has 1 saturated heterocycles. The minimum atomic E-state index is -6.40. The smallest absolute Gasteiger partial charge is 0.435 e. The van der Waals surface area contributed by atoms with E-state index < -0.39 is 78.8 Å². The van der Waals surface area contributed by atoms with Crippen molar-refractivity contribution in [3.05, 3.63) is 65.0 Å². The Labute approximate surface area is 253 Å². The molecule has 2 fully saturated rings. The van der Waals surface area contributed by atoms with Gasteiger partial charge in [-0.25, -0.2) is 17.2 Å². The van der Waals surface area contributed by atoms with Gasteiger partial charge in [0.25, 0.3) is 5.91 Å². The summed E-state index contributed by atoms with van der Waals surface area (Å²) in [5.41, 5.74) is -9.48. The summed E-state index contributed by atoms with van der Waals surface area (Å²) in [5, 5.41) is 9.34. The molecule has 1 N–H and O–H groups in total. The molecule has 0 spiro atoms. The van der Waals surface area contributed by atoms with Gasteiger partial charge in [-0.15, -0.1) is 0 Å². The normalized spacial score (nSPS) is 24.9. The lowest BCUT2D eigenvalue weighted by molar-refractivity contribution is -0.348. The zero-order chi connectivity index (χ0) is 33.8. The van der Waals surface area contributed by atoms with E-state index in [-0.39, 0.29) is 61.9 Å². The number of methoxy groups -OCH3 is 1. The lowest BCUT2D eigenvalue weighted by Crippen LogP contribution is -2.53. The number of alkyl halides is 7. The maximum atomic E-state index is 14.7. The van der Waals surface area contributed by atoms with Crippen LogP contribution in [-0.4, -0.2) is 68.5 Å². The highest BCUT2D eigenvalue weighted by molar-refractivity contribution is 7.92. The Balaban J connectivity index is 1.81. The standard InChI is InChI=1S/C29H29F8NO6S/c1-17-15-21(7-8-22(17)30)45(42,43)26(19-3-5-20(6-4-19)27(31,28(32,33)34)29(35,36)37)13-14-38(16-26)24(41)25(44-2)11-9-18(10-12-25)23(39)40/h3-8,15,18H,9-14,16H2,1-2H3,(H,39,40)/t18?,25?,26-/m0/s1. The summed E-state index contributed by atoms with van der Waals surface area (Å²) in [6, 6.07) is 4.54. The molecule has 1 aliphatic heterocycles. The Morgan fingerprint density at radius 1 is 0.933 bits per heavy atom. The fourth-order valence-corrected chi connectivity index (χ4v) is 8.35. The summed E-state index contributed by atoms with van der Waals surface area (Å²) in [6.45, 7) is 0.410. The van der Waals surface area contributed by atoms with Gasteiger partial charge in [-0.05, 0) is 68.4 Å². The summed E-state index contributed by atoms with van der Waals surface area (Å²) in [6.07, 6.45) is -13.0. The molecule has 0 aromatic heterocycles. The molecule has 45 heavy (non-hydrogen) atoms. The van der Waals surface area contributed by atoms with E-state index in [1.54, 1.807) is 0 Å². The Morgan fingerprint density at radius 2 is 1.49 bits per heavy atom. The van der Waals surface area contributed by atoms with Crippen molar-refractivity contribution in [2.45, 2.75) is 72.3 Å². The van der Waals surface area contributed by atoms with E-state index in [1.807, 2.05) is 0 Å². The topological polar surface area (TPSA) is 101 Å². The Kier molecular flexibility index (Phi) is 8.85. The van der Waals surface area contributed by atoms with Crippen LogP contribution in [0.25, 0.3) is 0 Å². The van der Waals surface area contributed by atoms with Crippen molar-refractivity contribution >= 4 is 21.7 Å². The van der Waals surface area contributed by atoms with Gasteiger partial charge in [0.05, 0.1) is 10.8 Å². The van der Waals surface area contributed by atoms with E-state index in [4.69, 9.17) is 4.74 Å². The number of likely N-dealkylation sites (tertiary alicyclic amines) is 1. The molecule has 0 radical (unpaired) electrons. The van der Waals surface area contributed by atoms with Crippen LogP contribution in [0.3, 0.4) is 0 Å². The van der Waals surface area contributed by atoms with Gasteiger partial charge >= 0.3 is 24.0 Å². The molecule has 1 heterocycles. The van der Waals surface area contributed by atoms with Crippen LogP contribution in [0.1, 0.15) is 48.8 Å². The number of hydrogen-bond acceptors (Lipinski definition) is 5. The van der Waals surface area contributed by atoms with Gasteiger partial charge in [0.15, 0.2) is 9.84 Å².